The summed E-state index contributed by atoms with van der Waals surface area (Å²) in [7, 11) is 9.41. The normalized spacial score (nSPS) is 11.3. The minimum Gasteiger partial charge on any atom is -0.493 e. The third-order valence-corrected chi connectivity index (χ3v) is 6.58. The molecule has 2 aromatic carbocycles. The topological polar surface area (TPSA) is 133 Å². The Hall–Kier alpha value is -3.70. The van der Waals surface area contributed by atoms with Crippen LogP contribution in [0.2, 0.25) is 0 Å². The molecule has 0 saturated carbocycles. The van der Waals surface area contributed by atoms with Crippen LogP contribution in [0.25, 0.3) is 0 Å². The summed E-state index contributed by atoms with van der Waals surface area (Å²) in [5.41, 5.74) is 3.49. The zero-order valence-corrected chi connectivity index (χ0v) is 27.8. The molecule has 2 aromatic rings. The maximum absolute atomic E-state index is 9.02. The fraction of sp³-hybridized carbons (Fsp3) is 0.529. The lowest BCUT2D eigenvalue weighted by atomic mass is 9.95. The van der Waals surface area contributed by atoms with Gasteiger partial charge in [0.05, 0.1) is 102 Å². The number of aliphatic hydroxyl groups is 2. The molecular formula is C34H48O12. The van der Waals surface area contributed by atoms with Gasteiger partial charge >= 0.3 is 0 Å². The van der Waals surface area contributed by atoms with Gasteiger partial charge in [0.1, 0.15) is 6.61 Å². The molecule has 0 radical (unpaired) electrons. The van der Waals surface area contributed by atoms with E-state index >= 15 is 0 Å². The maximum Gasteiger partial charge on any atom is 0.203 e. The molecule has 2 N–H and O–H groups in total. The number of ether oxygens (including phenoxy) is 10. The first-order valence-electron chi connectivity index (χ1n) is 14.8. The van der Waals surface area contributed by atoms with Gasteiger partial charge in [-0.2, -0.15) is 0 Å². The summed E-state index contributed by atoms with van der Waals surface area (Å²) in [6.45, 7) is 2.17. The van der Waals surface area contributed by atoms with Gasteiger partial charge in [-0.15, -0.1) is 0 Å². The van der Waals surface area contributed by atoms with Gasteiger partial charge < -0.3 is 57.6 Å². The van der Waals surface area contributed by atoms with E-state index in [1.807, 2.05) is 24.3 Å². The molecule has 0 amide bonds. The van der Waals surface area contributed by atoms with Crippen molar-refractivity contribution in [1.29, 1.82) is 0 Å². The summed E-state index contributed by atoms with van der Waals surface area (Å²) in [6.07, 6.45) is 0.881. The van der Waals surface area contributed by atoms with Crippen molar-refractivity contribution in [3.05, 3.63) is 46.5 Å². The molecule has 0 aliphatic heterocycles. The van der Waals surface area contributed by atoms with Crippen LogP contribution in [0.1, 0.15) is 11.1 Å². The summed E-state index contributed by atoms with van der Waals surface area (Å²) >= 11 is 0. The molecule has 12 nitrogen and oxygen atoms in total. The van der Waals surface area contributed by atoms with Crippen LogP contribution < -0.4 is 28.4 Å². The summed E-state index contributed by atoms with van der Waals surface area (Å²) in [5.74, 6) is 9.54. The predicted octanol–water partition coefficient (Wildman–Crippen LogP) is 2.87. The highest BCUT2D eigenvalue weighted by Crippen LogP contribution is 2.40. The highest BCUT2D eigenvalue weighted by atomic mass is 16.5. The highest BCUT2D eigenvalue weighted by Gasteiger charge is 2.18. The number of hydrogen-bond donors (Lipinski definition) is 2. The van der Waals surface area contributed by atoms with Crippen molar-refractivity contribution in [3.8, 4) is 46.3 Å². The summed E-state index contributed by atoms with van der Waals surface area (Å²) < 4.78 is 55.7. The molecule has 0 heterocycles. The molecule has 0 aromatic heterocycles. The van der Waals surface area contributed by atoms with E-state index in [9.17, 15) is 0 Å². The van der Waals surface area contributed by atoms with E-state index in [0.717, 1.165) is 22.3 Å². The molecule has 0 atom stereocenters. The van der Waals surface area contributed by atoms with Gasteiger partial charge in [-0.1, -0.05) is 11.8 Å². The number of benzene rings is 2. The smallest absolute Gasteiger partial charge is 0.203 e. The fourth-order valence-electron chi connectivity index (χ4n) is 4.46. The molecule has 0 spiro atoms. The summed E-state index contributed by atoms with van der Waals surface area (Å²) in [5, 5.41) is 17.9. The van der Waals surface area contributed by atoms with Crippen molar-refractivity contribution >= 4 is 0 Å². The lowest BCUT2D eigenvalue weighted by Gasteiger charge is -2.18. The number of rotatable bonds is 23. The number of aliphatic hydroxyl groups excluding tert-OH is 2. The second-order valence-corrected chi connectivity index (χ2v) is 9.58. The van der Waals surface area contributed by atoms with Crippen LogP contribution >= 0.6 is 0 Å². The molecule has 0 aliphatic carbocycles. The largest absolute Gasteiger partial charge is 0.493 e. The van der Waals surface area contributed by atoms with Crippen LogP contribution in [0.4, 0.5) is 0 Å². The zero-order valence-electron chi connectivity index (χ0n) is 27.8. The Morgan fingerprint density at radius 3 is 1.41 bits per heavy atom. The van der Waals surface area contributed by atoms with Crippen molar-refractivity contribution in [3.63, 3.8) is 0 Å². The van der Waals surface area contributed by atoms with Crippen molar-refractivity contribution in [1.82, 2.24) is 0 Å². The maximum atomic E-state index is 9.02. The first-order chi connectivity index (χ1) is 22.5. The van der Waals surface area contributed by atoms with Crippen LogP contribution in [0.5, 0.6) is 34.5 Å². The Balaban J connectivity index is 2.57. The van der Waals surface area contributed by atoms with Gasteiger partial charge in [-0.05, 0) is 47.4 Å². The van der Waals surface area contributed by atoms with Crippen LogP contribution in [0.15, 0.2) is 35.4 Å². The Morgan fingerprint density at radius 1 is 0.543 bits per heavy atom. The third kappa shape index (κ3) is 12.6. The van der Waals surface area contributed by atoms with E-state index in [0.29, 0.717) is 73.8 Å². The molecule has 0 aliphatic rings. The summed E-state index contributed by atoms with van der Waals surface area (Å²) in [4.78, 5) is 0. The molecule has 0 saturated heterocycles. The molecule has 0 unspecified atom stereocenters. The Bertz CT molecular complexity index is 1210. The van der Waals surface area contributed by atoms with E-state index < -0.39 is 0 Å². The first kappa shape index (κ1) is 38.5. The average molecular weight is 649 g/mol. The van der Waals surface area contributed by atoms with E-state index in [1.54, 1.807) is 42.7 Å². The van der Waals surface area contributed by atoms with E-state index in [1.165, 1.54) is 0 Å². The van der Waals surface area contributed by atoms with Crippen LogP contribution in [-0.2, 0) is 31.8 Å². The zero-order chi connectivity index (χ0) is 33.6. The molecule has 46 heavy (non-hydrogen) atoms. The predicted molar refractivity (Wildman–Crippen MR) is 172 cm³/mol. The Morgan fingerprint density at radius 2 is 0.978 bits per heavy atom. The third-order valence-electron chi connectivity index (χ3n) is 6.58. The van der Waals surface area contributed by atoms with Gasteiger partial charge in [-0.25, -0.2) is 0 Å². The molecule has 0 bridgehead atoms. The number of allylic oxidation sites excluding steroid dienone is 1. The van der Waals surface area contributed by atoms with Crippen molar-refractivity contribution in [2.24, 2.45) is 0 Å². The number of hydrogen-bond acceptors (Lipinski definition) is 12. The van der Waals surface area contributed by atoms with Crippen LogP contribution in [0, 0.1) is 11.8 Å². The van der Waals surface area contributed by atoms with Crippen molar-refractivity contribution < 1.29 is 57.6 Å². The second kappa shape index (κ2) is 22.7. The monoisotopic (exact) mass is 648 g/mol. The van der Waals surface area contributed by atoms with Gasteiger partial charge in [-0.3, -0.25) is 0 Å². The molecule has 2 rings (SSSR count). The molecule has 0 fully saturated rings. The minimum atomic E-state index is -0.0591. The van der Waals surface area contributed by atoms with E-state index in [-0.39, 0.29) is 39.6 Å². The van der Waals surface area contributed by atoms with E-state index in [4.69, 9.17) is 57.6 Å². The Labute approximate surface area is 272 Å². The molecule has 12 heteroatoms. The van der Waals surface area contributed by atoms with Crippen molar-refractivity contribution in [2.45, 2.75) is 12.8 Å². The quantitative estimate of drug-likeness (QED) is 0.136. The Kier molecular flexibility index (Phi) is 19.0. The van der Waals surface area contributed by atoms with Gasteiger partial charge in [0.2, 0.25) is 11.5 Å². The van der Waals surface area contributed by atoms with Crippen LogP contribution in [-0.4, -0.2) is 119 Å². The standard InChI is InChI=1S/C34H48O12/c1-37-29-20-25(21-30(38-2)33(29)41-5)18-27(8-7-11-43-14-15-44-12-9-35)28(24-46-17-16-45-13-10-36)19-26-22-31(39-3)34(42-6)32(23-26)40-4/h20-23,35-36H,9-19,24H2,1-6H3/b28-27-. The SMILES string of the molecule is COc1cc(C/C(C#CCOCCOCCO)=C(\COCCOCCO)Cc2cc(OC)c(OC)c(OC)c2)cc(OC)c1OC. The second-order valence-electron chi connectivity index (χ2n) is 9.58. The summed E-state index contributed by atoms with van der Waals surface area (Å²) in [6, 6.07) is 7.56. The first-order valence-corrected chi connectivity index (χ1v) is 14.8. The fourth-order valence-corrected chi connectivity index (χ4v) is 4.46. The van der Waals surface area contributed by atoms with E-state index in [2.05, 4.69) is 11.8 Å². The van der Waals surface area contributed by atoms with Gasteiger partial charge in [0.25, 0.3) is 0 Å². The minimum absolute atomic E-state index is 0.0424. The molecule has 256 valence electrons. The lowest BCUT2D eigenvalue weighted by molar-refractivity contribution is 0.0391. The molecular weight excluding hydrogens is 600 g/mol. The lowest BCUT2D eigenvalue weighted by Crippen LogP contribution is -2.12. The van der Waals surface area contributed by atoms with Gasteiger partial charge in [0.15, 0.2) is 23.0 Å². The van der Waals surface area contributed by atoms with Crippen LogP contribution in [0.3, 0.4) is 0 Å². The van der Waals surface area contributed by atoms with Gasteiger partial charge in [0, 0.05) is 12.0 Å². The number of methoxy groups -OCH3 is 6. The average Bonchev–Trinajstić information content (AvgIpc) is 3.08. The highest BCUT2D eigenvalue weighted by molar-refractivity contribution is 5.56. The van der Waals surface area contributed by atoms with Crippen molar-refractivity contribution in [2.75, 3.05) is 109 Å².